The largest absolute Gasteiger partial charge is 0.346 e. The molecular formula is C7H12Cl2O. The molecule has 0 aromatic carbocycles. The molecule has 1 fully saturated rings. The van der Waals surface area contributed by atoms with E-state index in [1.165, 1.54) is 19.3 Å². The summed E-state index contributed by atoms with van der Waals surface area (Å²) in [5.41, 5.74) is 0. The van der Waals surface area contributed by atoms with Crippen LogP contribution in [-0.4, -0.2) is 11.1 Å². The molecule has 1 saturated carbocycles. The summed E-state index contributed by atoms with van der Waals surface area (Å²) in [5.74, 6) is 0. The molecule has 0 bridgehead atoms. The van der Waals surface area contributed by atoms with Gasteiger partial charge in [0.2, 0.25) is 5.02 Å². The van der Waals surface area contributed by atoms with E-state index in [1.807, 2.05) is 0 Å². The second kappa shape index (κ2) is 4.42. The standard InChI is InChI=1S/C7H12Cl2O/c8-7(9)10-6-4-2-1-3-5-6/h6-7H,1-5H2. The summed E-state index contributed by atoms with van der Waals surface area (Å²) >= 11 is 10.9. The fourth-order valence-corrected chi connectivity index (χ4v) is 1.64. The number of hydrogen-bond donors (Lipinski definition) is 0. The van der Waals surface area contributed by atoms with Gasteiger partial charge in [-0.3, -0.25) is 0 Å². The molecular weight excluding hydrogens is 171 g/mol. The third-order valence-corrected chi connectivity index (χ3v) is 2.05. The maximum absolute atomic E-state index is 5.45. The minimum absolute atomic E-state index is 0.314. The normalized spacial score (nSPS) is 21.9. The lowest BCUT2D eigenvalue weighted by Gasteiger charge is -2.22. The molecule has 0 radical (unpaired) electrons. The summed E-state index contributed by atoms with van der Waals surface area (Å²) in [6.45, 7) is 0. The van der Waals surface area contributed by atoms with Gasteiger partial charge in [0.25, 0.3) is 0 Å². The maximum atomic E-state index is 5.45. The zero-order valence-corrected chi connectivity index (χ0v) is 7.37. The Morgan fingerprint density at radius 3 is 2.20 bits per heavy atom. The van der Waals surface area contributed by atoms with Crippen molar-refractivity contribution in [3.63, 3.8) is 0 Å². The van der Waals surface area contributed by atoms with Gasteiger partial charge in [-0.25, -0.2) is 0 Å². The van der Waals surface area contributed by atoms with Gasteiger partial charge in [-0.2, -0.15) is 0 Å². The molecule has 0 heterocycles. The van der Waals surface area contributed by atoms with Crippen LogP contribution in [0.4, 0.5) is 0 Å². The summed E-state index contributed by atoms with van der Waals surface area (Å²) in [7, 11) is 0. The average Bonchev–Trinajstić information content (AvgIpc) is 1.88. The number of hydrogen-bond acceptors (Lipinski definition) is 1. The van der Waals surface area contributed by atoms with Gasteiger partial charge in [-0.05, 0) is 12.8 Å². The van der Waals surface area contributed by atoms with Gasteiger partial charge in [0, 0.05) is 0 Å². The predicted octanol–water partition coefficient (Wildman–Crippen LogP) is 3.10. The van der Waals surface area contributed by atoms with Crippen molar-refractivity contribution >= 4 is 23.2 Å². The van der Waals surface area contributed by atoms with Crippen LogP contribution in [0.3, 0.4) is 0 Å². The SMILES string of the molecule is ClC(Cl)OC1CCCCC1. The van der Waals surface area contributed by atoms with Crippen molar-refractivity contribution in [2.75, 3.05) is 0 Å². The van der Waals surface area contributed by atoms with Crippen LogP contribution in [0.2, 0.25) is 0 Å². The quantitative estimate of drug-likeness (QED) is 0.597. The summed E-state index contributed by atoms with van der Waals surface area (Å²) in [4.78, 5) is 0. The van der Waals surface area contributed by atoms with Crippen LogP contribution in [0.15, 0.2) is 0 Å². The molecule has 0 saturated heterocycles. The molecule has 0 aliphatic heterocycles. The van der Waals surface area contributed by atoms with E-state index < -0.39 is 5.02 Å². The highest BCUT2D eigenvalue weighted by molar-refractivity contribution is 6.43. The van der Waals surface area contributed by atoms with Crippen molar-refractivity contribution in [1.29, 1.82) is 0 Å². The number of alkyl halides is 2. The second-order valence-corrected chi connectivity index (χ2v) is 3.67. The van der Waals surface area contributed by atoms with Crippen molar-refractivity contribution in [1.82, 2.24) is 0 Å². The minimum atomic E-state index is -0.636. The van der Waals surface area contributed by atoms with Gasteiger partial charge in [-0.1, -0.05) is 42.5 Å². The van der Waals surface area contributed by atoms with Gasteiger partial charge >= 0.3 is 0 Å². The molecule has 1 rings (SSSR count). The molecule has 60 valence electrons. The zero-order chi connectivity index (χ0) is 7.40. The van der Waals surface area contributed by atoms with Gasteiger partial charge in [0.1, 0.15) is 0 Å². The van der Waals surface area contributed by atoms with Crippen molar-refractivity contribution in [3.05, 3.63) is 0 Å². The molecule has 0 unspecified atom stereocenters. The molecule has 3 heteroatoms. The molecule has 0 aromatic rings. The van der Waals surface area contributed by atoms with Gasteiger partial charge < -0.3 is 4.74 Å². The van der Waals surface area contributed by atoms with E-state index in [0.29, 0.717) is 6.10 Å². The first kappa shape index (κ1) is 8.63. The Balaban J connectivity index is 2.13. The predicted molar refractivity (Wildman–Crippen MR) is 43.5 cm³/mol. The Kier molecular flexibility index (Phi) is 3.82. The van der Waals surface area contributed by atoms with E-state index in [-0.39, 0.29) is 0 Å². The van der Waals surface area contributed by atoms with Crippen molar-refractivity contribution in [3.8, 4) is 0 Å². The maximum Gasteiger partial charge on any atom is 0.206 e. The molecule has 1 aliphatic rings. The van der Waals surface area contributed by atoms with E-state index >= 15 is 0 Å². The smallest absolute Gasteiger partial charge is 0.206 e. The van der Waals surface area contributed by atoms with Crippen LogP contribution in [-0.2, 0) is 4.74 Å². The van der Waals surface area contributed by atoms with E-state index in [2.05, 4.69) is 0 Å². The van der Waals surface area contributed by atoms with Gasteiger partial charge in [-0.15, -0.1) is 0 Å². The molecule has 0 atom stereocenters. The van der Waals surface area contributed by atoms with Crippen molar-refractivity contribution < 1.29 is 4.74 Å². The molecule has 0 N–H and O–H groups in total. The lowest BCUT2D eigenvalue weighted by molar-refractivity contribution is 0.0406. The first-order chi connectivity index (χ1) is 4.79. The van der Waals surface area contributed by atoms with Crippen LogP contribution in [0.25, 0.3) is 0 Å². The number of ether oxygens (including phenoxy) is 1. The van der Waals surface area contributed by atoms with Gasteiger partial charge in [0.15, 0.2) is 0 Å². The summed E-state index contributed by atoms with van der Waals surface area (Å²) in [6.07, 6.45) is 6.39. The highest BCUT2D eigenvalue weighted by Gasteiger charge is 2.15. The lowest BCUT2D eigenvalue weighted by Crippen LogP contribution is -2.18. The summed E-state index contributed by atoms with van der Waals surface area (Å²) in [5, 5.41) is -0.636. The molecule has 0 aromatic heterocycles. The van der Waals surface area contributed by atoms with E-state index in [1.54, 1.807) is 0 Å². The third-order valence-electron chi connectivity index (χ3n) is 1.85. The minimum Gasteiger partial charge on any atom is -0.346 e. The summed E-state index contributed by atoms with van der Waals surface area (Å²) < 4.78 is 5.22. The third kappa shape index (κ3) is 3.09. The number of rotatable bonds is 2. The van der Waals surface area contributed by atoms with Gasteiger partial charge in [0.05, 0.1) is 6.10 Å². The van der Waals surface area contributed by atoms with Crippen LogP contribution < -0.4 is 0 Å². The van der Waals surface area contributed by atoms with Crippen molar-refractivity contribution in [2.45, 2.75) is 43.2 Å². The highest BCUT2D eigenvalue weighted by atomic mass is 35.5. The molecule has 0 amide bonds. The van der Waals surface area contributed by atoms with Crippen molar-refractivity contribution in [2.24, 2.45) is 0 Å². The Bertz CT molecular complexity index is 89.6. The topological polar surface area (TPSA) is 9.23 Å². The molecule has 1 nitrogen and oxygen atoms in total. The Labute approximate surface area is 71.6 Å². The second-order valence-electron chi connectivity index (χ2n) is 2.66. The number of halogens is 2. The molecule has 10 heavy (non-hydrogen) atoms. The molecule has 0 spiro atoms. The fraction of sp³-hybridized carbons (Fsp3) is 1.00. The van der Waals surface area contributed by atoms with Crippen LogP contribution in [0, 0.1) is 0 Å². The highest BCUT2D eigenvalue weighted by Crippen LogP contribution is 2.22. The first-order valence-corrected chi connectivity index (χ1v) is 4.60. The van der Waals surface area contributed by atoms with Crippen LogP contribution in [0.1, 0.15) is 32.1 Å². The molecule has 1 aliphatic carbocycles. The Morgan fingerprint density at radius 1 is 1.10 bits per heavy atom. The fourth-order valence-electron chi connectivity index (χ4n) is 1.35. The lowest BCUT2D eigenvalue weighted by atomic mass is 9.98. The summed E-state index contributed by atoms with van der Waals surface area (Å²) in [6, 6.07) is 0. The monoisotopic (exact) mass is 182 g/mol. The first-order valence-electron chi connectivity index (χ1n) is 3.72. The Hall–Kier alpha value is 0.540. The van der Waals surface area contributed by atoms with E-state index in [0.717, 1.165) is 12.8 Å². The average molecular weight is 183 g/mol. The van der Waals surface area contributed by atoms with E-state index in [9.17, 15) is 0 Å². The Morgan fingerprint density at radius 2 is 1.70 bits per heavy atom. The van der Waals surface area contributed by atoms with Crippen LogP contribution >= 0.6 is 23.2 Å². The zero-order valence-electron chi connectivity index (χ0n) is 5.85. The van der Waals surface area contributed by atoms with Crippen LogP contribution in [0.5, 0.6) is 0 Å². The van der Waals surface area contributed by atoms with E-state index in [4.69, 9.17) is 27.9 Å².